The van der Waals surface area contributed by atoms with E-state index in [0.29, 0.717) is 5.92 Å². The molecule has 0 saturated carbocycles. The summed E-state index contributed by atoms with van der Waals surface area (Å²) < 4.78 is 5.24. The molecule has 0 aliphatic heterocycles. The summed E-state index contributed by atoms with van der Waals surface area (Å²) in [6, 6.07) is 16.2. The summed E-state index contributed by atoms with van der Waals surface area (Å²) in [5.74, 6) is 1.30. The molecule has 2 aromatic carbocycles. The first kappa shape index (κ1) is 13.0. The molecule has 1 unspecified atom stereocenters. The van der Waals surface area contributed by atoms with Gasteiger partial charge in [-0.2, -0.15) is 0 Å². The number of benzene rings is 2. The molecule has 0 bridgehead atoms. The Balaban J connectivity index is 2.16. The Bertz CT molecular complexity index is 522. The molecule has 0 aliphatic carbocycles. The van der Waals surface area contributed by atoms with E-state index in [-0.39, 0.29) is 0 Å². The maximum absolute atomic E-state index is 6.22. The average molecular weight is 261 g/mol. The SMILES string of the molecule is COc1cccc(CC(C)c2ccccc2Cl)c1. The second-order valence-electron chi connectivity index (χ2n) is 4.48. The molecule has 2 heteroatoms. The van der Waals surface area contributed by atoms with E-state index in [4.69, 9.17) is 16.3 Å². The molecule has 0 amide bonds. The molecular formula is C16H17ClO. The lowest BCUT2D eigenvalue weighted by Gasteiger charge is -2.14. The van der Waals surface area contributed by atoms with E-state index in [1.807, 2.05) is 30.3 Å². The average Bonchev–Trinajstić information content (AvgIpc) is 2.39. The first-order valence-corrected chi connectivity index (χ1v) is 6.46. The number of rotatable bonds is 4. The van der Waals surface area contributed by atoms with Crippen LogP contribution in [0, 0.1) is 0 Å². The predicted octanol–water partition coefficient (Wildman–Crippen LogP) is 4.69. The molecule has 0 aliphatic rings. The first-order chi connectivity index (χ1) is 8.70. The Morgan fingerprint density at radius 3 is 2.61 bits per heavy atom. The Hall–Kier alpha value is -1.47. The second kappa shape index (κ2) is 5.92. The lowest BCUT2D eigenvalue weighted by Crippen LogP contribution is -1.99. The van der Waals surface area contributed by atoms with Crippen LogP contribution in [0.5, 0.6) is 5.75 Å². The molecule has 94 valence electrons. The van der Waals surface area contributed by atoms with Crippen molar-refractivity contribution >= 4 is 11.6 Å². The van der Waals surface area contributed by atoms with Crippen molar-refractivity contribution in [3.63, 3.8) is 0 Å². The molecule has 1 atom stereocenters. The largest absolute Gasteiger partial charge is 0.497 e. The summed E-state index contributed by atoms with van der Waals surface area (Å²) in [6.45, 7) is 2.20. The van der Waals surface area contributed by atoms with Crippen molar-refractivity contribution in [1.82, 2.24) is 0 Å². The fraction of sp³-hybridized carbons (Fsp3) is 0.250. The highest BCUT2D eigenvalue weighted by Crippen LogP contribution is 2.27. The van der Waals surface area contributed by atoms with Crippen LogP contribution in [0.4, 0.5) is 0 Å². The Morgan fingerprint density at radius 2 is 1.89 bits per heavy atom. The predicted molar refractivity (Wildman–Crippen MR) is 76.6 cm³/mol. The lowest BCUT2D eigenvalue weighted by molar-refractivity contribution is 0.414. The maximum atomic E-state index is 6.22. The van der Waals surface area contributed by atoms with E-state index in [2.05, 4.69) is 25.1 Å². The molecule has 0 aromatic heterocycles. The maximum Gasteiger partial charge on any atom is 0.119 e. The van der Waals surface area contributed by atoms with Crippen LogP contribution in [0.3, 0.4) is 0 Å². The third-order valence-electron chi connectivity index (χ3n) is 3.11. The van der Waals surface area contributed by atoms with Gasteiger partial charge in [-0.05, 0) is 41.7 Å². The van der Waals surface area contributed by atoms with E-state index in [1.165, 1.54) is 11.1 Å². The zero-order chi connectivity index (χ0) is 13.0. The third kappa shape index (κ3) is 3.05. The topological polar surface area (TPSA) is 9.23 Å². The molecule has 1 nitrogen and oxygen atoms in total. The van der Waals surface area contributed by atoms with Crippen LogP contribution in [0.2, 0.25) is 5.02 Å². The molecule has 0 N–H and O–H groups in total. The van der Waals surface area contributed by atoms with Crippen LogP contribution in [0.25, 0.3) is 0 Å². The van der Waals surface area contributed by atoms with Gasteiger partial charge in [0.25, 0.3) is 0 Å². The van der Waals surface area contributed by atoms with Crippen LogP contribution in [0.15, 0.2) is 48.5 Å². The van der Waals surface area contributed by atoms with Gasteiger partial charge in [-0.3, -0.25) is 0 Å². The summed E-state index contributed by atoms with van der Waals surface area (Å²) in [5, 5.41) is 0.841. The van der Waals surface area contributed by atoms with Gasteiger partial charge in [0.05, 0.1) is 7.11 Å². The third-order valence-corrected chi connectivity index (χ3v) is 3.46. The van der Waals surface area contributed by atoms with Crippen LogP contribution in [-0.2, 0) is 6.42 Å². The Labute approximate surface area is 113 Å². The minimum absolute atomic E-state index is 0.394. The summed E-state index contributed by atoms with van der Waals surface area (Å²) in [5.41, 5.74) is 2.46. The van der Waals surface area contributed by atoms with Crippen molar-refractivity contribution in [1.29, 1.82) is 0 Å². The first-order valence-electron chi connectivity index (χ1n) is 6.08. The van der Waals surface area contributed by atoms with Gasteiger partial charge >= 0.3 is 0 Å². The highest BCUT2D eigenvalue weighted by Gasteiger charge is 2.10. The summed E-state index contributed by atoms with van der Waals surface area (Å²) in [7, 11) is 1.69. The molecule has 0 fully saturated rings. The fourth-order valence-corrected chi connectivity index (χ4v) is 2.46. The second-order valence-corrected chi connectivity index (χ2v) is 4.89. The number of hydrogen-bond acceptors (Lipinski definition) is 1. The van der Waals surface area contributed by atoms with E-state index in [9.17, 15) is 0 Å². The lowest BCUT2D eigenvalue weighted by atomic mass is 9.94. The van der Waals surface area contributed by atoms with Gasteiger partial charge in [-0.25, -0.2) is 0 Å². The Kier molecular flexibility index (Phi) is 4.27. The molecule has 2 aromatic rings. The molecule has 18 heavy (non-hydrogen) atoms. The molecule has 0 heterocycles. The van der Waals surface area contributed by atoms with Gasteiger partial charge in [0.15, 0.2) is 0 Å². The normalized spacial score (nSPS) is 12.2. The number of methoxy groups -OCH3 is 1. The van der Waals surface area contributed by atoms with Crippen LogP contribution < -0.4 is 4.74 Å². The smallest absolute Gasteiger partial charge is 0.119 e. The van der Waals surface area contributed by atoms with E-state index >= 15 is 0 Å². The summed E-state index contributed by atoms with van der Waals surface area (Å²) in [6.07, 6.45) is 0.959. The molecular weight excluding hydrogens is 244 g/mol. The number of ether oxygens (including phenoxy) is 1. The van der Waals surface area contributed by atoms with Gasteiger partial charge in [0.1, 0.15) is 5.75 Å². The fourth-order valence-electron chi connectivity index (χ4n) is 2.14. The van der Waals surface area contributed by atoms with E-state index < -0.39 is 0 Å². The minimum Gasteiger partial charge on any atom is -0.497 e. The van der Waals surface area contributed by atoms with Crippen LogP contribution in [0.1, 0.15) is 24.0 Å². The van der Waals surface area contributed by atoms with Crippen molar-refractivity contribution in [3.05, 3.63) is 64.7 Å². The quantitative estimate of drug-likeness (QED) is 0.775. The van der Waals surface area contributed by atoms with E-state index in [1.54, 1.807) is 7.11 Å². The molecule has 2 rings (SSSR count). The van der Waals surface area contributed by atoms with Crippen LogP contribution in [-0.4, -0.2) is 7.11 Å². The summed E-state index contributed by atoms with van der Waals surface area (Å²) in [4.78, 5) is 0. The van der Waals surface area contributed by atoms with Gasteiger partial charge in [0, 0.05) is 5.02 Å². The van der Waals surface area contributed by atoms with Crippen molar-refractivity contribution in [2.45, 2.75) is 19.3 Å². The van der Waals surface area contributed by atoms with Gasteiger partial charge < -0.3 is 4.74 Å². The number of hydrogen-bond donors (Lipinski definition) is 0. The molecule has 0 radical (unpaired) electrons. The highest BCUT2D eigenvalue weighted by atomic mass is 35.5. The summed E-state index contributed by atoms with van der Waals surface area (Å²) >= 11 is 6.22. The Morgan fingerprint density at radius 1 is 1.11 bits per heavy atom. The van der Waals surface area contributed by atoms with Gasteiger partial charge in [-0.15, -0.1) is 0 Å². The molecule has 0 spiro atoms. The van der Waals surface area contributed by atoms with Gasteiger partial charge in [-0.1, -0.05) is 48.9 Å². The molecule has 0 saturated heterocycles. The zero-order valence-electron chi connectivity index (χ0n) is 10.7. The van der Waals surface area contributed by atoms with Crippen molar-refractivity contribution < 1.29 is 4.74 Å². The monoisotopic (exact) mass is 260 g/mol. The van der Waals surface area contributed by atoms with Crippen molar-refractivity contribution in [2.75, 3.05) is 7.11 Å². The van der Waals surface area contributed by atoms with E-state index in [0.717, 1.165) is 17.2 Å². The van der Waals surface area contributed by atoms with Crippen LogP contribution >= 0.6 is 11.6 Å². The highest BCUT2D eigenvalue weighted by molar-refractivity contribution is 6.31. The van der Waals surface area contributed by atoms with Crippen molar-refractivity contribution in [3.8, 4) is 5.75 Å². The van der Waals surface area contributed by atoms with Crippen molar-refractivity contribution in [2.24, 2.45) is 0 Å². The van der Waals surface area contributed by atoms with Gasteiger partial charge in [0.2, 0.25) is 0 Å². The standard InChI is InChI=1S/C16H17ClO/c1-12(15-8-3-4-9-16(15)17)10-13-6-5-7-14(11-13)18-2/h3-9,11-12H,10H2,1-2H3. The minimum atomic E-state index is 0.394. The zero-order valence-corrected chi connectivity index (χ0v) is 11.4. The number of halogens is 1.